The topological polar surface area (TPSA) is 46.3 Å². The Morgan fingerprint density at radius 3 is 2.72 bits per heavy atom. The molecule has 1 aliphatic carbocycles. The minimum Gasteiger partial charge on any atom is -0.342 e. The highest BCUT2D eigenvalue weighted by molar-refractivity contribution is 5.80. The molecule has 0 saturated carbocycles. The largest absolute Gasteiger partial charge is 0.342 e. The van der Waals surface area contributed by atoms with E-state index in [1.807, 2.05) is 4.90 Å². The lowest BCUT2D eigenvalue weighted by Crippen LogP contribution is -2.54. The fourth-order valence-corrected chi connectivity index (χ4v) is 3.07. The van der Waals surface area contributed by atoms with E-state index >= 15 is 0 Å². The number of hydrogen-bond acceptors (Lipinski definition) is 2. The average Bonchev–Trinajstić information content (AvgIpc) is 2.37. The van der Waals surface area contributed by atoms with Crippen LogP contribution in [0.25, 0.3) is 0 Å². The van der Waals surface area contributed by atoms with Gasteiger partial charge in [-0.05, 0) is 36.9 Å². The summed E-state index contributed by atoms with van der Waals surface area (Å²) in [6.45, 7) is 2.44. The van der Waals surface area contributed by atoms with Crippen molar-refractivity contribution in [2.45, 2.75) is 19.3 Å². The van der Waals surface area contributed by atoms with Crippen LogP contribution in [0.5, 0.6) is 0 Å². The number of likely N-dealkylation sites (tertiary alicyclic amines) is 1. The minimum atomic E-state index is 0.193. The molecular weight excluding hydrogens is 224 g/mol. The van der Waals surface area contributed by atoms with Gasteiger partial charge in [-0.1, -0.05) is 24.3 Å². The summed E-state index contributed by atoms with van der Waals surface area (Å²) in [5.74, 6) is 1.07. The molecule has 3 rings (SSSR count). The van der Waals surface area contributed by atoms with Crippen molar-refractivity contribution >= 4 is 5.91 Å². The third kappa shape index (κ3) is 2.03. The van der Waals surface area contributed by atoms with Gasteiger partial charge >= 0.3 is 0 Å². The zero-order valence-electron chi connectivity index (χ0n) is 10.6. The number of amides is 1. The molecule has 96 valence electrons. The molecule has 1 amide bonds. The van der Waals surface area contributed by atoms with E-state index in [2.05, 4.69) is 24.3 Å². The summed E-state index contributed by atoms with van der Waals surface area (Å²) in [5, 5.41) is 0. The maximum atomic E-state index is 12.3. The molecule has 1 unspecified atom stereocenters. The monoisotopic (exact) mass is 244 g/mol. The van der Waals surface area contributed by atoms with E-state index in [4.69, 9.17) is 5.73 Å². The molecule has 3 heteroatoms. The zero-order valence-corrected chi connectivity index (χ0v) is 10.6. The first-order valence-electron chi connectivity index (χ1n) is 6.83. The van der Waals surface area contributed by atoms with Gasteiger partial charge in [0.15, 0.2) is 0 Å². The van der Waals surface area contributed by atoms with Crippen LogP contribution in [0.2, 0.25) is 0 Å². The van der Waals surface area contributed by atoms with Crippen molar-refractivity contribution in [3.8, 4) is 0 Å². The van der Waals surface area contributed by atoms with E-state index in [1.54, 1.807) is 0 Å². The molecule has 2 aliphatic rings. The maximum Gasteiger partial charge on any atom is 0.226 e. The van der Waals surface area contributed by atoms with Gasteiger partial charge in [-0.25, -0.2) is 0 Å². The van der Waals surface area contributed by atoms with Gasteiger partial charge in [0.1, 0.15) is 0 Å². The molecule has 18 heavy (non-hydrogen) atoms. The summed E-state index contributed by atoms with van der Waals surface area (Å²) in [6.07, 6.45) is 2.96. The van der Waals surface area contributed by atoms with Gasteiger partial charge in [0.25, 0.3) is 0 Å². The van der Waals surface area contributed by atoms with Crippen LogP contribution in [0.15, 0.2) is 24.3 Å². The van der Waals surface area contributed by atoms with E-state index in [1.165, 1.54) is 11.1 Å². The molecule has 2 N–H and O–H groups in total. The Hall–Kier alpha value is -1.35. The number of carbonyl (C=O) groups is 1. The first kappa shape index (κ1) is 11.7. The summed E-state index contributed by atoms with van der Waals surface area (Å²) in [6, 6.07) is 8.50. The van der Waals surface area contributed by atoms with Gasteiger partial charge in [0.2, 0.25) is 5.91 Å². The van der Waals surface area contributed by atoms with Crippen molar-refractivity contribution in [1.29, 1.82) is 0 Å². The van der Waals surface area contributed by atoms with Crippen LogP contribution < -0.4 is 5.73 Å². The number of nitrogens with zero attached hydrogens (tertiary/aromatic N) is 1. The van der Waals surface area contributed by atoms with Crippen molar-refractivity contribution in [2.24, 2.45) is 17.6 Å². The Labute approximate surface area is 108 Å². The fourth-order valence-electron chi connectivity index (χ4n) is 3.07. The van der Waals surface area contributed by atoms with Crippen LogP contribution in [0, 0.1) is 11.8 Å². The van der Waals surface area contributed by atoms with E-state index in [-0.39, 0.29) is 5.92 Å². The standard InChI is InChI=1S/C15H20N2O/c16-8-11-9-17(10-11)15(18)14-6-5-12-3-1-2-4-13(12)7-14/h1-4,11,14H,5-10,16H2. The highest BCUT2D eigenvalue weighted by atomic mass is 16.2. The normalized spacial score (nSPS) is 23.4. The Balaban J connectivity index is 1.64. The maximum absolute atomic E-state index is 12.3. The van der Waals surface area contributed by atoms with E-state index in [0.29, 0.717) is 18.4 Å². The van der Waals surface area contributed by atoms with Crippen LogP contribution in [0.1, 0.15) is 17.5 Å². The van der Waals surface area contributed by atoms with Crippen LogP contribution >= 0.6 is 0 Å². The van der Waals surface area contributed by atoms with Crippen molar-refractivity contribution in [3.05, 3.63) is 35.4 Å². The SMILES string of the molecule is NCC1CN(C(=O)C2CCc3ccccc3C2)C1. The predicted molar refractivity (Wildman–Crippen MR) is 71.1 cm³/mol. The van der Waals surface area contributed by atoms with Gasteiger partial charge in [-0.15, -0.1) is 0 Å². The van der Waals surface area contributed by atoms with E-state index in [0.717, 1.165) is 32.4 Å². The molecule has 1 fully saturated rings. The van der Waals surface area contributed by atoms with Crippen LogP contribution in [0.3, 0.4) is 0 Å². The van der Waals surface area contributed by atoms with Gasteiger partial charge < -0.3 is 10.6 Å². The molecule has 1 heterocycles. The van der Waals surface area contributed by atoms with Gasteiger partial charge in [-0.2, -0.15) is 0 Å². The highest BCUT2D eigenvalue weighted by Gasteiger charge is 2.34. The lowest BCUT2D eigenvalue weighted by molar-refractivity contribution is -0.142. The average molecular weight is 244 g/mol. The number of benzene rings is 1. The van der Waals surface area contributed by atoms with Gasteiger partial charge in [0, 0.05) is 24.9 Å². The Morgan fingerprint density at radius 2 is 2.00 bits per heavy atom. The van der Waals surface area contributed by atoms with E-state index in [9.17, 15) is 4.79 Å². The summed E-state index contributed by atoms with van der Waals surface area (Å²) in [7, 11) is 0. The van der Waals surface area contributed by atoms with Crippen molar-refractivity contribution in [1.82, 2.24) is 4.90 Å². The first-order valence-corrected chi connectivity index (χ1v) is 6.83. The number of hydrogen-bond donors (Lipinski definition) is 1. The first-order chi connectivity index (χ1) is 8.78. The highest BCUT2D eigenvalue weighted by Crippen LogP contribution is 2.28. The Kier molecular flexibility index (Phi) is 3.08. The van der Waals surface area contributed by atoms with Crippen LogP contribution in [-0.4, -0.2) is 30.4 Å². The molecule has 0 aromatic heterocycles. The third-order valence-corrected chi connectivity index (χ3v) is 4.30. The molecule has 3 nitrogen and oxygen atoms in total. The third-order valence-electron chi connectivity index (χ3n) is 4.30. The lowest BCUT2D eigenvalue weighted by atomic mass is 9.82. The summed E-state index contributed by atoms with van der Waals surface area (Å²) >= 11 is 0. The van der Waals surface area contributed by atoms with Crippen LogP contribution in [0.4, 0.5) is 0 Å². The lowest BCUT2D eigenvalue weighted by Gasteiger charge is -2.41. The number of carbonyl (C=O) groups excluding carboxylic acids is 1. The molecular formula is C15H20N2O. The van der Waals surface area contributed by atoms with Crippen molar-refractivity contribution in [3.63, 3.8) is 0 Å². The molecule has 1 atom stereocenters. The number of fused-ring (bicyclic) bond motifs is 1. The molecule has 0 bridgehead atoms. The predicted octanol–water partition coefficient (Wildman–Crippen LogP) is 1.21. The van der Waals surface area contributed by atoms with Crippen molar-refractivity contribution < 1.29 is 4.79 Å². The molecule has 1 aromatic rings. The summed E-state index contributed by atoms with van der Waals surface area (Å²) < 4.78 is 0. The minimum absolute atomic E-state index is 0.193. The molecule has 1 saturated heterocycles. The second-order valence-corrected chi connectivity index (χ2v) is 5.55. The second-order valence-electron chi connectivity index (χ2n) is 5.55. The Bertz CT molecular complexity index is 452. The van der Waals surface area contributed by atoms with Crippen molar-refractivity contribution in [2.75, 3.05) is 19.6 Å². The quantitative estimate of drug-likeness (QED) is 0.850. The smallest absolute Gasteiger partial charge is 0.226 e. The summed E-state index contributed by atoms with van der Waals surface area (Å²) in [4.78, 5) is 14.3. The van der Waals surface area contributed by atoms with Gasteiger partial charge in [-0.3, -0.25) is 4.79 Å². The van der Waals surface area contributed by atoms with Crippen LogP contribution in [-0.2, 0) is 17.6 Å². The van der Waals surface area contributed by atoms with Gasteiger partial charge in [0.05, 0.1) is 0 Å². The number of rotatable bonds is 2. The summed E-state index contributed by atoms with van der Waals surface area (Å²) in [5.41, 5.74) is 8.38. The molecule has 1 aromatic carbocycles. The Morgan fingerprint density at radius 1 is 1.28 bits per heavy atom. The number of nitrogens with two attached hydrogens (primary N) is 1. The molecule has 0 spiro atoms. The molecule has 0 radical (unpaired) electrons. The fraction of sp³-hybridized carbons (Fsp3) is 0.533. The second kappa shape index (κ2) is 4.73. The zero-order chi connectivity index (χ0) is 12.5. The number of aryl methyl sites for hydroxylation is 1. The molecule has 1 aliphatic heterocycles. The van der Waals surface area contributed by atoms with E-state index < -0.39 is 0 Å².